The third-order valence-corrected chi connectivity index (χ3v) is 3.22. The zero-order valence-corrected chi connectivity index (χ0v) is 11.6. The summed E-state index contributed by atoms with van der Waals surface area (Å²) in [6.07, 6.45) is 3.08. The zero-order valence-electron chi connectivity index (χ0n) is 10.7. The molecule has 0 aliphatic heterocycles. The number of aliphatic hydroxyl groups excluding tert-OH is 1. The van der Waals surface area contributed by atoms with Crippen LogP contribution >= 0.6 is 12.4 Å². The van der Waals surface area contributed by atoms with Crippen molar-refractivity contribution in [2.45, 2.75) is 39.2 Å². The molecule has 2 unspecified atom stereocenters. The number of nitrogens with one attached hydrogen (secondary N) is 2. The van der Waals surface area contributed by atoms with Crippen LogP contribution in [-0.2, 0) is 4.79 Å². The highest BCUT2D eigenvalue weighted by atomic mass is 35.5. The quantitative estimate of drug-likeness (QED) is 0.611. The van der Waals surface area contributed by atoms with E-state index in [0.717, 1.165) is 18.9 Å². The van der Waals surface area contributed by atoms with Crippen molar-refractivity contribution >= 4 is 18.3 Å². The second-order valence-corrected chi connectivity index (χ2v) is 4.83. The molecule has 0 aromatic carbocycles. The third kappa shape index (κ3) is 7.58. The lowest BCUT2D eigenvalue weighted by molar-refractivity contribution is -0.120. The largest absolute Gasteiger partial charge is 0.391 e. The SMILES string of the molecule is CCC(C)C(O)CNC(=O)CNCC1CC1.Cl. The van der Waals surface area contributed by atoms with E-state index < -0.39 is 6.10 Å². The summed E-state index contributed by atoms with van der Waals surface area (Å²) in [5.41, 5.74) is 0. The van der Waals surface area contributed by atoms with Crippen molar-refractivity contribution in [2.24, 2.45) is 11.8 Å². The van der Waals surface area contributed by atoms with Crippen LogP contribution in [0.2, 0.25) is 0 Å². The molecule has 1 fully saturated rings. The van der Waals surface area contributed by atoms with E-state index in [-0.39, 0.29) is 24.2 Å². The highest BCUT2D eigenvalue weighted by Gasteiger charge is 2.20. The molecule has 5 heteroatoms. The molecule has 4 nitrogen and oxygen atoms in total. The summed E-state index contributed by atoms with van der Waals surface area (Å²) in [7, 11) is 0. The molecule has 0 bridgehead atoms. The van der Waals surface area contributed by atoms with Crippen molar-refractivity contribution in [3.05, 3.63) is 0 Å². The molecule has 0 spiro atoms. The van der Waals surface area contributed by atoms with Gasteiger partial charge in [-0.3, -0.25) is 4.79 Å². The van der Waals surface area contributed by atoms with E-state index in [2.05, 4.69) is 10.6 Å². The van der Waals surface area contributed by atoms with Crippen molar-refractivity contribution in [1.82, 2.24) is 10.6 Å². The first-order valence-electron chi connectivity index (χ1n) is 6.29. The highest BCUT2D eigenvalue weighted by molar-refractivity contribution is 5.85. The average molecular weight is 265 g/mol. The van der Waals surface area contributed by atoms with Gasteiger partial charge in [-0.1, -0.05) is 20.3 Å². The number of hydrogen-bond donors (Lipinski definition) is 3. The van der Waals surface area contributed by atoms with E-state index in [9.17, 15) is 9.90 Å². The van der Waals surface area contributed by atoms with Crippen LogP contribution in [0.25, 0.3) is 0 Å². The fourth-order valence-electron chi connectivity index (χ4n) is 1.47. The first-order chi connectivity index (χ1) is 7.63. The number of carbonyl (C=O) groups is 1. The summed E-state index contributed by atoms with van der Waals surface area (Å²) in [5, 5.41) is 15.5. The van der Waals surface area contributed by atoms with Crippen LogP contribution in [0.1, 0.15) is 33.1 Å². The Balaban J connectivity index is 0.00000256. The lowest BCUT2D eigenvalue weighted by Gasteiger charge is -2.17. The maximum Gasteiger partial charge on any atom is 0.234 e. The van der Waals surface area contributed by atoms with E-state index in [0.29, 0.717) is 13.1 Å². The zero-order chi connectivity index (χ0) is 12.0. The molecule has 1 rings (SSSR count). The highest BCUT2D eigenvalue weighted by Crippen LogP contribution is 2.27. The van der Waals surface area contributed by atoms with E-state index in [1.807, 2.05) is 13.8 Å². The Labute approximate surface area is 110 Å². The standard InChI is InChI=1S/C12H24N2O2.ClH/c1-3-9(2)11(15)7-14-12(16)8-13-6-10-4-5-10;/h9-11,13,15H,3-8H2,1-2H3,(H,14,16);1H. The molecule has 102 valence electrons. The first kappa shape index (κ1) is 16.7. The predicted octanol–water partition coefficient (Wildman–Crippen LogP) is 0.931. The molecule has 0 aromatic rings. The molecule has 1 amide bonds. The van der Waals surface area contributed by atoms with Crippen molar-refractivity contribution < 1.29 is 9.90 Å². The third-order valence-electron chi connectivity index (χ3n) is 3.22. The minimum Gasteiger partial charge on any atom is -0.391 e. The van der Waals surface area contributed by atoms with Crippen molar-refractivity contribution in [1.29, 1.82) is 0 Å². The van der Waals surface area contributed by atoms with Gasteiger partial charge in [-0.15, -0.1) is 12.4 Å². The number of amides is 1. The molecule has 0 heterocycles. The minimum atomic E-state index is -0.433. The van der Waals surface area contributed by atoms with Crippen molar-refractivity contribution in [3.63, 3.8) is 0 Å². The lowest BCUT2D eigenvalue weighted by atomic mass is 10.0. The Hall–Kier alpha value is -0.320. The Bertz CT molecular complexity index is 223. The number of hydrogen-bond acceptors (Lipinski definition) is 3. The summed E-state index contributed by atoms with van der Waals surface area (Å²) in [6, 6.07) is 0. The van der Waals surface area contributed by atoms with Gasteiger partial charge in [0.1, 0.15) is 0 Å². The fourth-order valence-corrected chi connectivity index (χ4v) is 1.47. The van der Waals surface area contributed by atoms with E-state index in [1.165, 1.54) is 12.8 Å². The maximum atomic E-state index is 11.4. The van der Waals surface area contributed by atoms with Crippen molar-refractivity contribution in [2.75, 3.05) is 19.6 Å². The topological polar surface area (TPSA) is 61.4 Å². The van der Waals surface area contributed by atoms with Crippen LogP contribution in [0.4, 0.5) is 0 Å². The van der Waals surface area contributed by atoms with Gasteiger partial charge in [-0.25, -0.2) is 0 Å². The van der Waals surface area contributed by atoms with Gasteiger partial charge < -0.3 is 15.7 Å². The van der Waals surface area contributed by atoms with Gasteiger partial charge in [0.25, 0.3) is 0 Å². The molecule has 17 heavy (non-hydrogen) atoms. The molecule has 0 radical (unpaired) electrons. The number of rotatable bonds is 8. The van der Waals surface area contributed by atoms with Crippen LogP contribution < -0.4 is 10.6 Å². The monoisotopic (exact) mass is 264 g/mol. The van der Waals surface area contributed by atoms with Crippen LogP contribution in [-0.4, -0.2) is 36.8 Å². The Kier molecular flexibility index (Phi) is 8.56. The molecule has 0 aromatic heterocycles. The Morgan fingerprint density at radius 2 is 2.12 bits per heavy atom. The van der Waals surface area contributed by atoms with Gasteiger partial charge >= 0.3 is 0 Å². The molecule has 1 saturated carbocycles. The summed E-state index contributed by atoms with van der Waals surface area (Å²) < 4.78 is 0. The molecule has 3 N–H and O–H groups in total. The van der Waals surface area contributed by atoms with E-state index >= 15 is 0 Å². The summed E-state index contributed by atoms with van der Waals surface area (Å²) in [5.74, 6) is 1.00. The number of aliphatic hydroxyl groups is 1. The maximum absolute atomic E-state index is 11.4. The van der Waals surface area contributed by atoms with Gasteiger partial charge in [0, 0.05) is 6.54 Å². The molecule has 2 atom stereocenters. The molecular weight excluding hydrogens is 240 g/mol. The van der Waals surface area contributed by atoms with Gasteiger partial charge in [0.15, 0.2) is 0 Å². The number of carbonyl (C=O) groups excluding carboxylic acids is 1. The predicted molar refractivity (Wildman–Crippen MR) is 71.3 cm³/mol. The minimum absolute atomic E-state index is 0. The second kappa shape index (κ2) is 8.72. The Morgan fingerprint density at radius 3 is 2.65 bits per heavy atom. The average Bonchev–Trinajstić information content (AvgIpc) is 3.08. The number of halogens is 1. The summed E-state index contributed by atoms with van der Waals surface area (Å²) in [6.45, 7) is 5.69. The first-order valence-corrected chi connectivity index (χ1v) is 6.29. The molecular formula is C12H25ClN2O2. The molecule has 1 aliphatic rings. The molecule has 1 aliphatic carbocycles. The normalized spacial score (nSPS) is 18.1. The van der Waals surface area contributed by atoms with Gasteiger partial charge in [-0.2, -0.15) is 0 Å². The van der Waals surface area contributed by atoms with Crippen LogP contribution in [0.3, 0.4) is 0 Å². The van der Waals surface area contributed by atoms with Crippen LogP contribution in [0, 0.1) is 11.8 Å². The summed E-state index contributed by atoms with van der Waals surface area (Å²) >= 11 is 0. The summed E-state index contributed by atoms with van der Waals surface area (Å²) in [4.78, 5) is 11.4. The lowest BCUT2D eigenvalue weighted by Crippen LogP contribution is -2.40. The Morgan fingerprint density at radius 1 is 1.47 bits per heavy atom. The fraction of sp³-hybridized carbons (Fsp3) is 0.917. The van der Waals surface area contributed by atoms with Crippen LogP contribution in [0.15, 0.2) is 0 Å². The van der Waals surface area contributed by atoms with Gasteiger partial charge in [0.05, 0.1) is 12.6 Å². The van der Waals surface area contributed by atoms with Gasteiger partial charge in [0.2, 0.25) is 5.91 Å². The smallest absolute Gasteiger partial charge is 0.234 e. The van der Waals surface area contributed by atoms with E-state index in [4.69, 9.17) is 0 Å². The van der Waals surface area contributed by atoms with E-state index in [1.54, 1.807) is 0 Å². The molecule has 0 saturated heterocycles. The van der Waals surface area contributed by atoms with Gasteiger partial charge in [-0.05, 0) is 31.2 Å². The van der Waals surface area contributed by atoms with Crippen molar-refractivity contribution in [3.8, 4) is 0 Å². The van der Waals surface area contributed by atoms with Crippen LogP contribution in [0.5, 0.6) is 0 Å². The second-order valence-electron chi connectivity index (χ2n) is 4.83.